The zero-order chi connectivity index (χ0) is 14.5. The summed E-state index contributed by atoms with van der Waals surface area (Å²) in [5, 5.41) is 3.51. The molecule has 2 rings (SSSR count). The summed E-state index contributed by atoms with van der Waals surface area (Å²) < 4.78 is 0. The molecule has 2 nitrogen and oxygen atoms in total. The van der Waals surface area contributed by atoms with Gasteiger partial charge in [-0.25, -0.2) is 0 Å². The summed E-state index contributed by atoms with van der Waals surface area (Å²) >= 11 is 0. The lowest BCUT2D eigenvalue weighted by Crippen LogP contribution is -2.10. The summed E-state index contributed by atoms with van der Waals surface area (Å²) in [6, 6.07) is 15.2. The zero-order valence-corrected chi connectivity index (χ0v) is 12.9. The van der Waals surface area contributed by atoms with E-state index in [-0.39, 0.29) is 0 Å². The molecular weight excluding hydrogens is 244 g/mol. The maximum absolute atomic E-state index is 3.51. The fourth-order valence-electron chi connectivity index (χ4n) is 2.41. The first-order valence-electron chi connectivity index (χ1n) is 7.09. The van der Waals surface area contributed by atoms with E-state index in [2.05, 4.69) is 80.6 Å². The van der Waals surface area contributed by atoms with Crippen molar-refractivity contribution >= 4 is 5.69 Å². The van der Waals surface area contributed by atoms with Crippen molar-refractivity contribution in [1.29, 1.82) is 0 Å². The van der Waals surface area contributed by atoms with Crippen molar-refractivity contribution in [2.45, 2.75) is 26.9 Å². The second-order valence-electron chi connectivity index (χ2n) is 5.66. The number of hydrogen-bond acceptors (Lipinski definition) is 2. The van der Waals surface area contributed by atoms with Crippen LogP contribution in [0.15, 0.2) is 42.5 Å². The normalized spacial score (nSPS) is 10.8. The molecule has 0 saturated carbocycles. The molecule has 0 spiro atoms. The minimum absolute atomic E-state index is 0.880. The van der Waals surface area contributed by atoms with Gasteiger partial charge in [-0.15, -0.1) is 0 Å². The number of nitrogens with zero attached hydrogens (tertiary/aromatic N) is 1. The highest BCUT2D eigenvalue weighted by atomic mass is 15.0. The Morgan fingerprint density at radius 2 is 1.50 bits per heavy atom. The third-order valence-corrected chi connectivity index (χ3v) is 3.57. The molecule has 0 aliphatic heterocycles. The Morgan fingerprint density at radius 3 is 2.05 bits per heavy atom. The second kappa shape index (κ2) is 6.58. The number of anilines is 1. The van der Waals surface area contributed by atoms with E-state index in [4.69, 9.17) is 0 Å². The van der Waals surface area contributed by atoms with Gasteiger partial charge in [0.25, 0.3) is 0 Å². The summed E-state index contributed by atoms with van der Waals surface area (Å²) in [6.07, 6.45) is 0. The van der Waals surface area contributed by atoms with E-state index in [0.29, 0.717) is 0 Å². The molecule has 0 radical (unpaired) electrons. The lowest BCUT2D eigenvalue weighted by Gasteiger charge is -2.13. The van der Waals surface area contributed by atoms with E-state index < -0.39 is 0 Å². The maximum atomic E-state index is 3.51. The third-order valence-electron chi connectivity index (χ3n) is 3.57. The lowest BCUT2D eigenvalue weighted by atomic mass is 10.0. The summed E-state index contributed by atoms with van der Waals surface area (Å²) in [6.45, 7) is 6.21. The van der Waals surface area contributed by atoms with Crippen molar-refractivity contribution < 1.29 is 0 Å². The van der Waals surface area contributed by atoms with Gasteiger partial charge in [0.15, 0.2) is 0 Å². The quantitative estimate of drug-likeness (QED) is 0.882. The summed E-state index contributed by atoms with van der Waals surface area (Å²) in [5.41, 5.74) is 6.61. The van der Waals surface area contributed by atoms with Crippen molar-refractivity contribution in [1.82, 2.24) is 4.90 Å². The van der Waals surface area contributed by atoms with Gasteiger partial charge in [0.1, 0.15) is 0 Å². The molecule has 0 aliphatic carbocycles. The SMILES string of the molecule is Cc1cccc(C)c1CNc1ccc(CN(C)C)cc1. The molecule has 0 heterocycles. The molecule has 0 amide bonds. The molecule has 0 atom stereocenters. The molecule has 2 aromatic carbocycles. The fraction of sp³-hybridized carbons (Fsp3) is 0.333. The highest BCUT2D eigenvalue weighted by Gasteiger charge is 2.02. The molecule has 0 unspecified atom stereocenters. The van der Waals surface area contributed by atoms with E-state index in [1.165, 1.54) is 27.9 Å². The van der Waals surface area contributed by atoms with Crippen LogP contribution in [0.1, 0.15) is 22.3 Å². The molecule has 106 valence electrons. The Balaban J connectivity index is 2.00. The fourth-order valence-corrected chi connectivity index (χ4v) is 2.41. The van der Waals surface area contributed by atoms with Crippen LogP contribution in [-0.2, 0) is 13.1 Å². The number of aryl methyl sites for hydroxylation is 2. The summed E-state index contributed by atoms with van der Waals surface area (Å²) in [5.74, 6) is 0. The highest BCUT2D eigenvalue weighted by Crippen LogP contribution is 2.16. The van der Waals surface area contributed by atoms with Crippen molar-refractivity contribution in [3.8, 4) is 0 Å². The molecule has 0 aliphatic rings. The molecule has 2 heteroatoms. The number of rotatable bonds is 5. The Kier molecular flexibility index (Phi) is 4.80. The number of benzene rings is 2. The minimum Gasteiger partial charge on any atom is -0.381 e. The summed E-state index contributed by atoms with van der Waals surface area (Å²) in [7, 11) is 4.18. The van der Waals surface area contributed by atoms with Gasteiger partial charge < -0.3 is 10.2 Å². The average molecular weight is 268 g/mol. The lowest BCUT2D eigenvalue weighted by molar-refractivity contribution is 0.402. The van der Waals surface area contributed by atoms with Crippen molar-refractivity contribution in [3.63, 3.8) is 0 Å². The highest BCUT2D eigenvalue weighted by molar-refractivity contribution is 5.46. The molecule has 0 saturated heterocycles. The van der Waals surface area contributed by atoms with Gasteiger partial charge >= 0.3 is 0 Å². The predicted octanol–water partition coefficient (Wildman–Crippen LogP) is 3.98. The van der Waals surface area contributed by atoms with Crippen LogP contribution in [0.4, 0.5) is 5.69 Å². The maximum Gasteiger partial charge on any atom is 0.0406 e. The Labute approximate surface area is 122 Å². The average Bonchev–Trinajstić information content (AvgIpc) is 2.39. The van der Waals surface area contributed by atoms with Crippen LogP contribution < -0.4 is 5.32 Å². The Hall–Kier alpha value is -1.80. The first-order valence-corrected chi connectivity index (χ1v) is 7.09. The number of hydrogen-bond donors (Lipinski definition) is 1. The van der Waals surface area contributed by atoms with Crippen LogP contribution >= 0.6 is 0 Å². The third kappa shape index (κ3) is 3.84. The molecule has 2 aromatic rings. The van der Waals surface area contributed by atoms with E-state index in [0.717, 1.165) is 13.1 Å². The van der Waals surface area contributed by atoms with Crippen LogP contribution in [0.3, 0.4) is 0 Å². The van der Waals surface area contributed by atoms with Gasteiger partial charge in [0, 0.05) is 18.8 Å². The van der Waals surface area contributed by atoms with Crippen LogP contribution in [0.2, 0.25) is 0 Å². The van der Waals surface area contributed by atoms with Gasteiger partial charge in [-0.3, -0.25) is 0 Å². The molecule has 0 fully saturated rings. The second-order valence-corrected chi connectivity index (χ2v) is 5.66. The van der Waals surface area contributed by atoms with Gasteiger partial charge in [-0.05, 0) is 62.3 Å². The first kappa shape index (κ1) is 14.6. The van der Waals surface area contributed by atoms with E-state index >= 15 is 0 Å². The molecule has 0 bridgehead atoms. The topological polar surface area (TPSA) is 15.3 Å². The van der Waals surface area contributed by atoms with E-state index in [1.54, 1.807) is 0 Å². The monoisotopic (exact) mass is 268 g/mol. The minimum atomic E-state index is 0.880. The smallest absolute Gasteiger partial charge is 0.0406 e. The van der Waals surface area contributed by atoms with Crippen LogP contribution in [0.25, 0.3) is 0 Å². The van der Waals surface area contributed by atoms with Crippen LogP contribution in [-0.4, -0.2) is 19.0 Å². The van der Waals surface area contributed by atoms with Gasteiger partial charge in [-0.2, -0.15) is 0 Å². The molecular formula is C18H24N2. The predicted molar refractivity (Wildman–Crippen MR) is 87.1 cm³/mol. The molecule has 0 aromatic heterocycles. The first-order chi connectivity index (χ1) is 9.56. The standard InChI is InChI=1S/C18H24N2/c1-14-6-5-7-15(2)18(14)12-19-17-10-8-16(9-11-17)13-20(3)4/h5-11,19H,12-13H2,1-4H3. The molecule has 20 heavy (non-hydrogen) atoms. The van der Waals surface area contributed by atoms with Crippen LogP contribution in [0, 0.1) is 13.8 Å². The van der Waals surface area contributed by atoms with Crippen LogP contribution in [0.5, 0.6) is 0 Å². The van der Waals surface area contributed by atoms with Crippen molar-refractivity contribution in [2.75, 3.05) is 19.4 Å². The van der Waals surface area contributed by atoms with Gasteiger partial charge in [0.2, 0.25) is 0 Å². The largest absolute Gasteiger partial charge is 0.381 e. The Morgan fingerprint density at radius 1 is 0.900 bits per heavy atom. The van der Waals surface area contributed by atoms with Gasteiger partial charge in [-0.1, -0.05) is 30.3 Å². The molecule has 1 N–H and O–H groups in total. The Bertz CT molecular complexity index is 536. The zero-order valence-electron chi connectivity index (χ0n) is 12.9. The van der Waals surface area contributed by atoms with E-state index in [9.17, 15) is 0 Å². The number of nitrogens with one attached hydrogen (secondary N) is 1. The van der Waals surface area contributed by atoms with Gasteiger partial charge in [0.05, 0.1) is 0 Å². The van der Waals surface area contributed by atoms with Crippen molar-refractivity contribution in [3.05, 3.63) is 64.7 Å². The van der Waals surface area contributed by atoms with E-state index in [1.807, 2.05) is 0 Å². The summed E-state index contributed by atoms with van der Waals surface area (Å²) in [4.78, 5) is 2.18. The van der Waals surface area contributed by atoms with Crippen molar-refractivity contribution in [2.24, 2.45) is 0 Å².